The summed E-state index contributed by atoms with van der Waals surface area (Å²) in [5.74, 6) is 0.0965. The third kappa shape index (κ3) is 3.97. The Hall–Kier alpha value is -2.88. The van der Waals surface area contributed by atoms with Gasteiger partial charge in [0.15, 0.2) is 0 Å². The monoisotopic (exact) mass is 335 g/mol. The maximum absolute atomic E-state index is 12.3. The summed E-state index contributed by atoms with van der Waals surface area (Å²) in [6.07, 6.45) is 0.711. The normalized spacial score (nSPS) is 11.0. The van der Waals surface area contributed by atoms with E-state index >= 15 is 0 Å². The second kappa shape index (κ2) is 7.34. The van der Waals surface area contributed by atoms with E-state index in [1.54, 1.807) is 18.2 Å². The number of amides is 1. The van der Waals surface area contributed by atoms with Crippen molar-refractivity contribution in [3.05, 3.63) is 81.7 Å². The van der Waals surface area contributed by atoms with E-state index in [0.29, 0.717) is 24.5 Å². The standard InChI is InChI=1S/C21H21NO3/c1-14(2)16-9-7-15(8-10-16)11-12-22-20(23)18-13-17-5-3-4-6-19(17)25-21(18)24/h3-10,13-14H,11-12H2,1-2H3,(H,22,23). The third-order valence-corrected chi connectivity index (χ3v) is 4.23. The average molecular weight is 335 g/mol. The van der Waals surface area contributed by atoms with Gasteiger partial charge >= 0.3 is 5.63 Å². The van der Waals surface area contributed by atoms with Gasteiger partial charge in [-0.05, 0) is 35.6 Å². The van der Waals surface area contributed by atoms with E-state index in [4.69, 9.17) is 4.42 Å². The Morgan fingerprint density at radius 1 is 1.08 bits per heavy atom. The third-order valence-electron chi connectivity index (χ3n) is 4.23. The van der Waals surface area contributed by atoms with E-state index < -0.39 is 11.5 Å². The first-order valence-electron chi connectivity index (χ1n) is 8.44. The summed E-state index contributed by atoms with van der Waals surface area (Å²) in [7, 11) is 0. The zero-order valence-electron chi connectivity index (χ0n) is 14.4. The zero-order valence-corrected chi connectivity index (χ0v) is 14.4. The molecule has 0 spiro atoms. The van der Waals surface area contributed by atoms with Crippen LogP contribution in [-0.2, 0) is 6.42 Å². The molecule has 0 aliphatic carbocycles. The summed E-state index contributed by atoms with van der Waals surface area (Å²) in [6.45, 7) is 4.78. The summed E-state index contributed by atoms with van der Waals surface area (Å²) in [6, 6.07) is 17.1. The molecule has 1 amide bonds. The summed E-state index contributed by atoms with van der Waals surface area (Å²) in [5, 5.41) is 3.52. The van der Waals surface area contributed by atoms with E-state index in [-0.39, 0.29) is 5.56 Å². The molecule has 0 atom stereocenters. The van der Waals surface area contributed by atoms with Crippen LogP contribution in [0.1, 0.15) is 41.3 Å². The molecule has 0 aliphatic rings. The molecule has 0 unspecified atom stereocenters. The van der Waals surface area contributed by atoms with Crippen LogP contribution < -0.4 is 10.9 Å². The lowest BCUT2D eigenvalue weighted by Gasteiger charge is -2.08. The van der Waals surface area contributed by atoms with Gasteiger partial charge in [0, 0.05) is 11.9 Å². The predicted molar refractivity (Wildman–Crippen MR) is 99.1 cm³/mol. The molecule has 2 aromatic carbocycles. The Bertz CT molecular complexity index is 939. The zero-order chi connectivity index (χ0) is 17.8. The SMILES string of the molecule is CC(C)c1ccc(CCNC(=O)c2cc3ccccc3oc2=O)cc1. The molecule has 4 nitrogen and oxygen atoms in total. The van der Waals surface area contributed by atoms with Crippen LogP contribution in [-0.4, -0.2) is 12.5 Å². The predicted octanol–water partition coefficient (Wildman–Crippen LogP) is 3.89. The summed E-state index contributed by atoms with van der Waals surface area (Å²) in [4.78, 5) is 24.3. The number of carbonyl (C=O) groups is 1. The van der Waals surface area contributed by atoms with Gasteiger partial charge in [-0.15, -0.1) is 0 Å². The van der Waals surface area contributed by atoms with Gasteiger partial charge < -0.3 is 9.73 Å². The Morgan fingerprint density at radius 3 is 2.52 bits per heavy atom. The summed E-state index contributed by atoms with van der Waals surface area (Å²) in [5.41, 5.74) is 2.34. The molecule has 1 heterocycles. The fraction of sp³-hybridized carbons (Fsp3) is 0.238. The van der Waals surface area contributed by atoms with Gasteiger partial charge in [0.1, 0.15) is 11.1 Å². The van der Waals surface area contributed by atoms with Crippen LogP contribution in [0.5, 0.6) is 0 Å². The van der Waals surface area contributed by atoms with Gasteiger partial charge in [0.2, 0.25) is 0 Å². The minimum absolute atomic E-state index is 0.0360. The molecule has 4 heteroatoms. The molecule has 0 saturated heterocycles. The van der Waals surface area contributed by atoms with Gasteiger partial charge in [0.05, 0.1) is 0 Å². The molecule has 1 aromatic heterocycles. The number of fused-ring (bicyclic) bond motifs is 1. The highest BCUT2D eigenvalue weighted by molar-refractivity contribution is 5.96. The topological polar surface area (TPSA) is 59.3 Å². The van der Waals surface area contributed by atoms with Gasteiger partial charge in [-0.2, -0.15) is 0 Å². The molecule has 0 saturated carbocycles. The first kappa shape index (κ1) is 17.0. The lowest BCUT2D eigenvalue weighted by Crippen LogP contribution is -2.29. The molecule has 0 fully saturated rings. The van der Waals surface area contributed by atoms with E-state index in [1.807, 2.05) is 12.1 Å². The van der Waals surface area contributed by atoms with Crippen molar-refractivity contribution in [1.29, 1.82) is 0 Å². The number of para-hydroxylation sites is 1. The van der Waals surface area contributed by atoms with Crippen molar-refractivity contribution in [3.8, 4) is 0 Å². The number of benzene rings is 2. The van der Waals surface area contributed by atoms with E-state index in [2.05, 4.69) is 43.4 Å². The number of rotatable bonds is 5. The Balaban J connectivity index is 1.64. The fourth-order valence-corrected chi connectivity index (χ4v) is 2.71. The number of hydrogen-bond acceptors (Lipinski definition) is 3. The van der Waals surface area contributed by atoms with E-state index in [0.717, 1.165) is 10.9 Å². The Morgan fingerprint density at radius 2 is 1.80 bits per heavy atom. The van der Waals surface area contributed by atoms with Crippen molar-refractivity contribution in [1.82, 2.24) is 5.32 Å². The average Bonchev–Trinajstić information content (AvgIpc) is 2.61. The number of carbonyl (C=O) groups excluding carboxylic acids is 1. The maximum atomic E-state index is 12.3. The number of hydrogen-bond donors (Lipinski definition) is 1. The molecule has 1 N–H and O–H groups in total. The Labute approximate surface area is 146 Å². The molecule has 3 rings (SSSR count). The second-order valence-corrected chi connectivity index (χ2v) is 6.39. The van der Waals surface area contributed by atoms with Gasteiger partial charge in [-0.3, -0.25) is 4.79 Å². The van der Waals surface area contributed by atoms with E-state index in [9.17, 15) is 9.59 Å². The molecule has 0 aliphatic heterocycles. The van der Waals surface area contributed by atoms with Crippen molar-refractivity contribution >= 4 is 16.9 Å². The van der Waals surface area contributed by atoms with Gasteiger partial charge in [-0.1, -0.05) is 56.3 Å². The lowest BCUT2D eigenvalue weighted by atomic mass is 10.0. The highest BCUT2D eigenvalue weighted by Crippen LogP contribution is 2.15. The first-order chi connectivity index (χ1) is 12.0. The van der Waals surface area contributed by atoms with Crippen LogP contribution in [0.3, 0.4) is 0 Å². The largest absolute Gasteiger partial charge is 0.422 e. The van der Waals surface area contributed by atoms with Crippen molar-refractivity contribution < 1.29 is 9.21 Å². The summed E-state index contributed by atoms with van der Waals surface area (Å²) >= 11 is 0. The van der Waals surface area contributed by atoms with Crippen LogP contribution in [0.25, 0.3) is 11.0 Å². The second-order valence-electron chi connectivity index (χ2n) is 6.39. The molecule has 3 aromatic rings. The van der Waals surface area contributed by atoms with Crippen LogP contribution in [0.2, 0.25) is 0 Å². The van der Waals surface area contributed by atoms with Crippen molar-refractivity contribution in [2.24, 2.45) is 0 Å². The highest BCUT2D eigenvalue weighted by Gasteiger charge is 2.13. The quantitative estimate of drug-likeness (QED) is 0.720. The highest BCUT2D eigenvalue weighted by atomic mass is 16.4. The first-order valence-corrected chi connectivity index (χ1v) is 8.44. The van der Waals surface area contributed by atoms with Crippen molar-refractivity contribution in [2.45, 2.75) is 26.2 Å². The van der Waals surface area contributed by atoms with E-state index in [1.165, 1.54) is 5.56 Å². The minimum atomic E-state index is -0.613. The van der Waals surface area contributed by atoms with Gasteiger partial charge in [-0.25, -0.2) is 4.79 Å². The lowest BCUT2D eigenvalue weighted by molar-refractivity contribution is 0.0950. The molecule has 25 heavy (non-hydrogen) atoms. The van der Waals surface area contributed by atoms with Crippen molar-refractivity contribution in [2.75, 3.05) is 6.54 Å². The van der Waals surface area contributed by atoms with Crippen LogP contribution in [0, 0.1) is 0 Å². The Kier molecular flexibility index (Phi) is 4.98. The fourth-order valence-electron chi connectivity index (χ4n) is 2.71. The summed E-state index contributed by atoms with van der Waals surface area (Å²) < 4.78 is 5.20. The van der Waals surface area contributed by atoms with Crippen LogP contribution >= 0.6 is 0 Å². The maximum Gasteiger partial charge on any atom is 0.349 e. The molecule has 0 bridgehead atoms. The molecular weight excluding hydrogens is 314 g/mol. The molecule has 128 valence electrons. The van der Waals surface area contributed by atoms with Crippen LogP contribution in [0.4, 0.5) is 0 Å². The number of nitrogens with one attached hydrogen (secondary N) is 1. The molecule has 0 radical (unpaired) electrons. The smallest absolute Gasteiger partial charge is 0.349 e. The van der Waals surface area contributed by atoms with Crippen LogP contribution in [0.15, 0.2) is 63.8 Å². The van der Waals surface area contributed by atoms with Gasteiger partial charge in [0.25, 0.3) is 5.91 Å². The van der Waals surface area contributed by atoms with Crippen molar-refractivity contribution in [3.63, 3.8) is 0 Å². The minimum Gasteiger partial charge on any atom is -0.422 e. The molecular formula is C21H21NO3.